The van der Waals surface area contributed by atoms with Gasteiger partial charge in [-0.1, -0.05) is 6.08 Å². The lowest BCUT2D eigenvalue weighted by Crippen LogP contribution is -2.10. The fourth-order valence-electron chi connectivity index (χ4n) is 1.11. The molecule has 70 valence electrons. The lowest BCUT2D eigenvalue weighted by atomic mass is 10.1. The van der Waals surface area contributed by atoms with Crippen LogP contribution >= 0.6 is 22.6 Å². The van der Waals surface area contributed by atoms with Crippen LogP contribution in [0.3, 0.4) is 0 Å². The zero-order valence-corrected chi connectivity index (χ0v) is 9.29. The molecule has 0 saturated heterocycles. The average Bonchev–Trinajstić information content (AvgIpc) is 2.09. The van der Waals surface area contributed by atoms with Crippen molar-refractivity contribution in [2.24, 2.45) is 5.73 Å². The maximum atomic E-state index is 12.9. The fourth-order valence-corrected chi connectivity index (χ4v) is 1.84. The summed E-state index contributed by atoms with van der Waals surface area (Å²) < 4.78 is 13.9. The van der Waals surface area contributed by atoms with Gasteiger partial charge in [0.1, 0.15) is 5.82 Å². The van der Waals surface area contributed by atoms with Crippen LogP contribution in [0, 0.1) is 9.39 Å². The Balaban J connectivity index is 2.97. The Hall–Kier alpha value is -0.420. The Labute approximate surface area is 91.0 Å². The predicted molar refractivity (Wildman–Crippen MR) is 60.9 cm³/mol. The first-order valence-electron chi connectivity index (χ1n) is 3.96. The van der Waals surface area contributed by atoms with Gasteiger partial charge in [-0.2, -0.15) is 0 Å². The molecule has 0 heterocycles. The predicted octanol–water partition coefficient (Wildman–Crippen LogP) is 3.01. The summed E-state index contributed by atoms with van der Waals surface area (Å²) in [4.78, 5) is 0. The van der Waals surface area contributed by atoms with Gasteiger partial charge in [-0.05, 0) is 52.8 Å². The molecule has 13 heavy (non-hydrogen) atoms. The molecule has 0 amide bonds. The van der Waals surface area contributed by atoms with E-state index < -0.39 is 0 Å². The van der Waals surface area contributed by atoms with Crippen LogP contribution < -0.4 is 5.73 Å². The van der Waals surface area contributed by atoms with Crippen molar-refractivity contribution in [3.05, 3.63) is 45.8 Å². The van der Waals surface area contributed by atoms with E-state index in [1.807, 2.05) is 0 Å². The molecule has 0 fully saturated rings. The van der Waals surface area contributed by atoms with Crippen molar-refractivity contribution in [1.29, 1.82) is 0 Å². The van der Waals surface area contributed by atoms with Gasteiger partial charge in [-0.25, -0.2) is 4.39 Å². The summed E-state index contributed by atoms with van der Waals surface area (Å²) in [6.45, 7) is 3.60. The summed E-state index contributed by atoms with van der Waals surface area (Å²) in [5.41, 5.74) is 6.68. The topological polar surface area (TPSA) is 26.0 Å². The van der Waals surface area contributed by atoms with Gasteiger partial charge in [-0.15, -0.1) is 6.58 Å². The minimum Gasteiger partial charge on any atom is -0.324 e. The third-order valence-corrected chi connectivity index (χ3v) is 2.76. The lowest BCUT2D eigenvalue weighted by molar-refractivity contribution is 0.618. The molecule has 0 saturated carbocycles. The van der Waals surface area contributed by atoms with Crippen molar-refractivity contribution < 1.29 is 4.39 Å². The van der Waals surface area contributed by atoms with E-state index in [2.05, 4.69) is 29.2 Å². The monoisotopic (exact) mass is 291 g/mol. The Bertz CT molecular complexity index is 312. The number of nitrogens with two attached hydrogens (primary N) is 1. The van der Waals surface area contributed by atoms with Crippen LogP contribution in [-0.4, -0.2) is 0 Å². The largest absolute Gasteiger partial charge is 0.324 e. The molecule has 0 aliphatic heterocycles. The van der Waals surface area contributed by atoms with Crippen LogP contribution in [0.15, 0.2) is 30.9 Å². The summed E-state index contributed by atoms with van der Waals surface area (Å²) in [6.07, 6.45) is 2.41. The number of hydrogen-bond acceptors (Lipinski definition) is 1. The minimum absolute atomic E-state index is 0.153. The van der Waals surface area contributed by atoms with Gasteiger partial charge in [0, 0.05) is 9.61 Å². The van der Waals surface area contributed by atoms with Crippen LogP contribution in [0.5, 0.6) is 0 Å². The first kappa shape index (κ1) is 10.7. The second-order valence-corrected chi connectivity index (χ2v) is 3.96. The molecule has 1 nitrogen and oxygen atoms in total. The summed E-state index contributed by atoms with van der Waals surface area (Å²) in [7, 11) is 0. The van der Waals surface area contributed by atoms with E-state index in [4.69, 9.17) is 5.73 Å². The Morgan fingerprint density at radius 1 is 1.62 bits per heavy atom. The summed E-state index contributed by atoms with van der Waals surface area (Å²) in [5.74, 6) is -0.241. The molecule has 0 aliphatic rings. The lowest BCUT2D eigenvalue weighted by Gasteiger charge is -2.11. The Kier molecular flexibility index (Phi) is 3.87. The van der Waals surface area contributed by atoms with Crippen LogP contribution in [-0.2, 0) is 0 Å². The standard InChI is InChI=1S/C10H11FIN/c1-2-3-10(13)8-6-7(11)4-5-9(8)12/h2,4-6,10H,1,3,13H2. The zero-order valence-electron chi connectivity index (χ0n) is 7.13. The van der Waals surface area contributed by atoms with Crippen molar-refractivity contribution >= 4 is 22.6 Å². The normalized spacial score (nSPS) is 12.5. The van der Waals surface area contributed by atoms with Crippen LogP contribution in [0.4, 0.5) is 4.39 Å². The van der Waals surface area contributed by atoms with Crippen LogP contribution in [0.2, 0.25) is 0 Å². The van der Waals surface area contributed by atoms with E-state index in [1.54, 1.807) is 12.1 Å². The van der Waals surface area contributed by atoms with E-state index in [-0.39, 0.29) is 11.9 Å². The maximum absolute atomic E-state index is 12.9. The van der Waals surface area contributed by atoms with Gasteiger partial charge in [-0.3, -0.25) is 0 Å². The van der Waals surface area contributed by atoms with Gasteiger partial charge < -0.3 is 5.73 Å². The highest BCUT2D eigenvalue weighted by molar-refractivity contribution is 14.1. The quantitative estimate of drug-likeness (QED) is 0.672. The molecule has 0 spiro atoms. The van der Waals surface area contributed by atoms with Gasteiger partial charge >= 0.3 is 0 Å². The zero-order chi connectivity index (χ0) is 9.84. The molecule has 0 radical (unpaired) electrons. The van der Waals surface area contributed by atoms with Crippen molar-refractivity contribution in [2.75, 3.05) is 0 Å². The molecular formula is C10H11FIN. The molecule has 0 aliphatic carbocycles. The van der Waals surface area contributed by atoms with E-state index in [0.717, 1.165) is 9.13 Å². The fraction of sp³-hybridized carbons (Fsp3) is 0.200. The van der Waals surface area contributed by atoms with Crippen LogP contribution in [0.25, 0.3) is 0 Å². The molecule has 3 heteroatoms. The first-order valence-corrected chi connectivity index (χ1v) is 5.04. The second kappa shape index (κ2) is 4.72. The maximum Gasteiger partial charge on any atom is 0.123 e. The molecule has 1 aromatic carbocycles. The smallest absolute Gasteiger partial charge is 0.123 e. The molecule has 0 bridgehead atoms. The molecule has 1 atom stereocenters. The number of rotatable bonds is 3. The molecule has 1 unspecified atom stereocenters. The second-order valence-electron chi connectivity index (χ2n) is 2.80. The number of hydrogen-bond donors (Lipinski definition) is 1. The molecule has 2 N–H and O–H groups in total. The average molecular weight is 291 g/mol. The summed E-state index contributed by atoms with van der Waals surface area (Å²) >= 11 is 2.15. The third kappa shape index (κ3) is 2.77. The molecule has 0 aromatic heterocycles. The Morgan fingerprint density at radius 3 is 2.92 bits per heavy atom. The van der Waals surface area contributed by atoms with Gasteiger partial charge in [0.2, 0.25) is 0 Å². The van der Waals surface area contributed by atoms with E-state index in [1.165, 1.54) is 12.1 Å². The highest BCUT2D eigenvalue weighted by Crippen LogP contribution is 2.21. The number of halogens is 2. The number of benzene rings is 1. The van der Waals surface area contributed by atoms with Crippen molar-refractivity contribution in [3.8, 4) is 0 Å². The molecule has 1 rings (SSSR count). The van der Waals surface area contributed by atoms with Gasteiger partial charge in [0.05, 0.1) is 0 Å². The van der Waals surface area contributed by atoms with Crippen molar-refractivity contribution in [3.63, 3.8) is 0 Å². The first-order chi connectivity index (χ1) is 6.15. The third-order valence-electron chi connectivity index (χ3n) is 1.78. The summed E-state index contributed by atoms with van der Waals surface area (Å²) in [6, 6.07) is 4.50. The van der Waals surface area contributed by atoms with Crippen LogP contribution in [0.1, 0.15) is 18.0 Å². The summed E-state index contributed by atoms with van der Waals surface area (Å²) in [5, 5.41) is 0. The van der Waals surface area contributed by atoms with Crippen molar-refractivity contribution in [2.45, 2.75) is 12.5 Å². The SMILES string of the molecule is C=CCC(N)c1cc(F)ccc1I. The van der Waals surface area contributed by atoms with E-state index in [0.29, 0.717) is 6.42 Å². The van der Waals surface area contributed by atoms with Gasteiger partial charge in [0.25, 0.3) is 0 Å². The van der Waals surface area contributed by atoms with E-state index >= 15 is 0 Å². The highest BCUT2D eigenvalue weighted by atomic mass is 127. The highest BCUT2D eigenvalue weighted by Gasteiger charge is 2.08. The Morgan fingerprint density at radius 2 is 2.31 bits per heavy atom. The van der Waals surface area contributed by atoms with Crippen molar-refractivity contribution in [1.82, 2.24) is 0 Å². The molecule has 1 aromatic rings. The molecular weight excluding hydrogens is 280 g/mol. The van der Waals surface area contributed by atoms with E-state index in [9.17, 15) is 4.39 Å². The van der Waals surface area contributed by atoms with Gasteiger partial charge in [0.15, 0.2) is 0 Å². The minimum atomic E-state index is -0.241.